The summed E-state index contributed by atoms with van der Waals surface area (Å²) >= 11 is 18.1. The van der Waals surface area contributed by atoms with Crippen LogP contribution in [0, 0.1) is 6.92 Å². The topological polar surface area (TPSA) is 75.7 Å². The number of ether oxygens (including phenoxy) is 1. The Balaban J connectivity index is 1.98. The van der Waals surface area contributed by atoms with E-state index in [-0.39, 0.29) is 20.6 Å². The van der Waals surface area contributed by atoms with Crippen LogP contribution >= 0.6 is 34.8 Å². The van der Waals surface area contributed by atoms with Crippen molar-refractivity contribution in [1.29, 1.82) is 0 Å². The van der Waals surface area contributed by atoms with E-state index in [9.17, 15) is 13.2 Å². The average molecular weight is 514 g/mol. The van der Waals surface area contributed by atoms with Crippen molar-refractivity contribution in [3.63, 3.8) is 0 Å². The standard InChI is InChI=1S/C22H19Cl3N2O4S/c1-14-3-7-17(8-4-14)32(29,30)27(16-6-10-21(31-2)20(25)12-16)13-22(28)26-15-5-9-18(23)19(24)11-15/h3-12H,13H2,1-2H3,(H,26,28). The van der Waals surface area contributed by atoms with Gasteiger partial charge in [0.15, 0.2) is 0 Å². The molecule has 0 aliphatic heterocycles. The van der Waals surface area contributed by atoms with E-state index in [0.717, 1.165) is 9.87 Å². The summed E-state index contributed by atoms with van der Waals surface area (Å²) in [5, 5.41) is 3.44. The second kappa shape index (κ2) is 10.0. The number of sulfonamides is 1. The molecule has 3 aromatic carbocycles. The molecular weight excluding hydrogens is 495 g/mol. The summed E-state index contributed by atoms with van der Waals surface area (Å²) in [6, 6.07) is 15.4. The zero-order valence-corrected chi connectivity index (χ0v) is 20.2. The molecule has 6 nitrogen and oxygen atoms in total. The Bertz CT molecular complexity index is 1250. The fourth-order valence-corrected chi connectivity index (χ4v) is 4.83. The highest BCUT2D eigenvalue weighted by molar-refractivity contribution is 7.92. The van der Waals surface area contributed by atoms with Crippen LogP contribution in [0.4, 0.5) is 11.4 Å². The quantitative estimate of drug-likeness (QED) is 0.433. The maximum absolute atomic E-state index is 13.4. The van der Waals surface area contributed by atoms with Crippen molar-refractivity contribution < 1.29 is 17.9 Å². The Morgan fingerprint density at radius 1 is 0.938 bits per heavy atom. The zero-order valence-electron chi connectivity index (χ0n) is 17.1. The van der Waals surface area contributed by atoms with Gasteiger partial charge in [-0.3, -0.25) is 9.10 Å². The van der Waals surface area contributed by atoms with Gasteiger partial charge in [-0.05, 0) is 55.5 Å². The Morgan fingerprint density at radius 2 is 1.62 bits per heavy atom. The first-order valence-corrected chi connectivity index (χ1v) is 11.9. The number of benzene rings is 3. The highest BCUT2D eigenvalue weighted by Gasteiger charge is 2.28. The molecule has 32 heavy (non-hydrogen) atoms. The first kappa shape index (κ1) is 24.2. The van der Waals surface area contributed by atoms with E-state index < -0.39 is 22.5 Å². The zero-order chi connectivity index (χ0) is 23.5. The molecule has 1 N–H and O–H groups in total. The number of amides is 1. The summed E-state index contributed by atoms with van der Waals surface area (Å²) in [5.41, 5.74) is 1.49. The molecule has 0 aliphatic rings. The van der Waals surface area contributed by atoms with Crippen molar-refractivity contribution >= 4 is 62.1 Å². The van der Waals surface area contributed by atoms with Crippen LogP contribution in [0.2, 0.25) is 15.1 Å². The Morgan fingerprint density at radius 3 is 2.22 bits per heavy atom. The van der Waals surface area contributed by atoms with Crippen LogP contribution in [0.3, 0.4) is 0 Å². The summed E-state index contributed by atoms with van der Waals surface area (Å²) in [7, 11) is -2.63. The predicted octanol–water partition coefficient (Wildman–Crippen LogP) is 5.80. The Hall–Kier alpha value is -2.45. The molecule has 0 fully saturated rings. The van der Waals surface area contributed by atoms with E-state index in [0.29, 0.717) is 16.5 Å². The number of halogens is 3. The highest BCUT2D eigenvalue weighted by atomic mass is 35.5. The van der Waals surface area contributed by atoms with Crippen molar-refractivity contribution in [2.45, 2.75) is 11.8 Å². The first-order valence-electron chi connectivity index (χ1n) is 9.29. The number of carbonyl (C=O) groups excluding carboxylic acids is 1. The molecule has 10 heteroatoms. The molecule has 0 heterocycles. The van der Waals surface area contributed by atoms with E-state index >= 15 is 0 Å². The Kier molecular flexibility index (Phi) is 7.56. The van der Waals surface area contributed by atoms with Crippen LogP contribution in [-0.2, 0) is 14.8 Å². The van der Waals surface area contributed by atoms with E-state index in [1.54, 1.807) is 18.2 Å². The number of carbonyl (C=O) groups is 1. The molecule has 0 unspecified atom stereocenters. The van der Waals surface area contributed by atoms with Gasteiger partial charge >= 0.3 is 0 Å². The number of aryl methyl sites for hydroxylation is 1. The SMILES string of the molecule is COc1ccc(N(CC(=O)Nc2ccc(Cl)c(Cl)c2)S(=O)(=O)c2ccc(C)cc2)cc1Cl. The minimum absolute atomic E-state index is 0.0392. The fourth-order valence-electron chi connectivity index (χ4n) is 2.87. The molecular formula is C22H19Cl3N2O4S. The van der Waals surface area contributed by atoms with E-state index in [1.165, 1.54) is 49.6 Å². The third-order valence-electron chi connectivity index (χ3n) is 4.52. The summed E-state index contributed by atoms with van der Waals surface area (Å²) in [6.07, 6.45) is 0. The molecule has 0 atom stereocenters. The molecule has 0 radical (unpaired) electrons. The number of nitrogens with one attached hydrogen (secondary N) is 1. The highest BCUT2D eigenvalue weighted by Crippen LogP contribution is 2.32. The number of hydrogen-bond donors (Lipinski definition) is 1. The molecule has 3 rings (SSSR count). The normalized spacial score (nSPS) is 11.2. The van der Waals surface area contributed by atoms with Gasteiger partial charge in [-0.25, -0.2) is 8.42 Å². The van der Waals surface area contributed by atoms with Crippen LogP contribution in [0.5, 0.6) is 5.75 Å². The number of anilines is 2. The maximum Gasteiger partial charge on any atom is 0.264 e. The minimum Gasteiger partial charge on any atom is -0.495 e. The van der Waals surface area contributed by atoms with Crippen molar-refractivity contribution in [1.82, 2.24) is 0 Å². The second-order valence-electron chi connectivity index (χ2n) is 6.82. The van der Waals surface area contributed by atoms with E-state index in [1.807, 2.05) is 6.92 Å². The lowest BCUT2D eigenvalue weighted by Crippen LogP contribution is -2.38. The molecule has 1 amide bonds. The van der Waals surface area contributed by atoms with Gasteiger partial charge in [0.1, 0.15) is 12.3 Å². The first-order chi connectivity index (χ1) is 15.1. The minimum atomic E-state index is -4.08. The van der Waals surface area contributed by atoms with Crippen LogP contribution in [-0.4, -0.2) is 28.0 Å². The number of rotatable bonds is 7. The summed E-state index contributed by atoms with van der Waals surface area (Å²) in [4.78, 5) is 12.8. The number of nitrogens with zero attached hydrogens (tertiary/aromatic N) is 1. The average Bonchev–Trinajstić information content (AvgIpc) is 2.75. The van der Waals surface area contributed by atoms with Crippen LogP contribution in [0.1, 0.15) is 5.56 Å². The van der Waals surface area contributed by atoms with Gasteiger partial charge in [0, 0.05) is 5.69 Å². The molecule has 168 valence electrons. The predicted molar refractivity (Wildman–Crippen MR) is 129 cm³/mol. The summed E-state index contributed by atoms with van der Waals surface area (Å²) < 4.78 is 33.0. The van der Waals surface area contributed by atoms with Crippen LogP contribution in [0.25, 0.3) is 0 Å². The second-order valence-corrected chi connectivity index (χ2v) is 9.90. The van der Waals surface area contributed by atoms with E-state index in [4.69, 9.17) is 39.5 Å². The van der Waals surface area contributed by atoms with Crippen LogP contribution in [0.15, 0.2) is 65.6 Å². The largest absolute Gasteiger partial charge is 0.495 e. The molecule has 0 saturated heterocycles. The van der Waals surface area contributed by atoms with Gasteiger partial charge in [0.05, 0.1) is 32.8 Å². The van der Waals surface area contributed by atoms with Gasteiger partial charge < -0.3 is 10.1 Å². The molecule has 0 spiro atoms. The van der Waals surface area contributed by atoms with Crippen molar-refractivity contribution in [2.75, 3.05) is 23.3 Å². The fraction of sp³-hybridized carbons (Fsp3) is 0.136. The van der Waals surface area contributed by atoms with Gasteiger partial charge in [-0.1, -0.05) is 52.5 Å². The monoisotopic (exact) mass is 512 g/mol. The molecule has 0 aromatic heterocycles. The molecule has 0 aliphatic carbocycles. The van der Waals surface area contributed by atoms with Gasteiger partial charge in [-0.15, -0.1) is 0 Å². The number of hydrogen-bond acceptors (Lipinski definition) is 4. The maximum atomic E-state index is 13.4. The molecule has 0 bridgehead atoms. The lowest BCUT2D eigenvalue weighted by atomic mass is 10.2. The van der Waals surface area contributed by atoms with Gasteiger partial charge in [0.25, 0.3) is 10.0 Å². The summed E-state index contributed by atoms with van der Waals surface area (Å²) in [5.74, 6) is -0.200. The summed E-state index contributed by atoms with van der Waals surface area (Å²) in [6.45, 7) is 1.35. The van der Waals surface area contributed by atoms with Crippen molar-refractivity contribution in [2.24, 2.45) is 0 Å². The smallest absolute Gasteiger partial charge is 0.264 e. The van der Waals surface area contributed by atoms with Gasteiger partial charge in [0.2, 0.25) is 5.91 Å². The Labute approximate surface area is 201 Å². The van der Waals surface area contributed by atoms with Crippen molar-refractivity contribution in [3.8, 4) is 5.75 Å². The lowest BCUT2D eigenvalue weighted by molar-refractivity contribution is -0.114. The van der Waals surface area contributed by atoms with E-state index in [2.05, 4.69) is 5.32 Å². The van der Waals surface area contributed by atoms with Crippen molar-refractivity contribution in [3.05, 3.63) is 81.3 Å². The third kappa shape index (κ3) is 5.48. The lowest BCUT2D eigenvalue weighted by Gasteiger charge is -2.24. The van der Waals surface area contributed by atoms with Crippen LogP contribution < -0.4 is 14.4 Å². The third-order valence-corrected chi connectivity index (χ3v) is 7.35. The molecule has 0 saturated carbocycles. The van der Waals surface area contributed by atoms with Gasteiger partial charge in [-0.2, -0.15) is 0 Å². The molecule has 3 aromatic rings. The number of methoxy groups -OCH3 is 1.